The summed E-state index contributed by atoms with van der Waals surface area (Å²) in [6.07, 6.45) is 2.95. The molecule has 0 aromatic heterocycles. The van der Waals surface area contributed by atoms with Crippen molar-refractivity contribution in [3.05, 3.63) is 29.3 Å². The number of hydrogen-bond donors (Lipinski definition) is 0. The van der Waals surface area contributed by atoms with Crippen LogP contribution < -0.4 is 4.74 Å². The van der Waals surface area contributed by atoms with E-state index < -0.39 is 0 Å². The van der Waals surface area contributed by atoms with Crippen molar-refractivity contribution in [2.24, 2.45) is 0 Å². The van der Waals surface area contributed by atoms with Gasteiger partial charge in [-0.15, -0.1) is 0 Å². The van der Waals surface area contributed by atoms with E-state index in [9.17, 15) is 0 Å². The lowest BCUT2D eigenvalue weighted by atomic mass is 9.98. The molecule has 1 aromatic rings. The van der Waals surface area contributed by atoms with Crippen molar-refractivity contribution in [1.82, 2.24) is 0 Å². The van der Waals surface area contributed by atoms with Gasteiger partial charge in [-0.1, -0.05) is 26.0 Å². The molecule has 2 fully saturated rings. The highest BCUT2D eigenvalue weighted by atomic mass is 16.6. The van der Waals surface area contributed by atoms with Crippen LogP contribution in [0.2, 0.25) is 0 Å². The Bertz CT molecular complexity index is 403. The lowest BCUT2D eigenvalue weighted by molar-refractivity contribution is -0.0800. The summed E-state index contributed by atoms with van der Waals surface area (Å²) in [4.78, 5) is 0. The second kappa shape index (κ2) is 4.34. The number of hydrogen-bond acceptors (Lipinski definition) is 2. The van der Waals surface area contributed by atoms with E-state index in [0.29, 0.717) is 5.92 Å². The van der Waals surface area contributed by atoms with E-state index in [-0.39, 0.29) is 6.10 Å². The highest BCUT2D eigenvalue weighted by Crippen LogP contribution is 2.42. The maximum Gasteiger partial charge on any atom is 0.145 e. The molecule has 1 saturated carbocycles. The molecule has 1 aliphatic heterocycles. The monoisotopic (exact) mass is 232 g/mol. The SMILES string of the molecule is CC(C)c1ccc(C2CC2)cc1OC1COC1. The maximum atomic E-state index is 6.04. The molecule has 0 atom stereocenters. The molecule has 3 rings (SSSR count). The summed E-state index contributed by atoms with van der Waals surface area (Å²) in [5.41, 5.74) is 2.77. The van der Waals surface area contributed by atoms with Gasteiger partial charge < -0.3 is 9.47 Å². The quantitative estimate of drug-likeness (QED) is 0.791. The normalized spacial score (nSPS) is 20.4. The zero-order chi connectivity index (χ0) is 11.8. The highest BCUT2D eigenvalue weighted by Gasteiger charge is 2.26. The number of benzene rings is 1. The third-order valence-electron chi connectivity index (χ3n) is 3.61. The number of ether oxygens (including phenoxy) is 2. The zero-order valence-corrected chi connectivity index (χ0v) is 10.6. The summed E-state index contributed by atoms with van der Waals surface area (Å²) in [5.74, 6) is 2.38. The molecule has 2 aliphatic rings. The van der Waals surface area contributed by atoms with Crippen molar-refractivity contribution < 1.29 is 9.47 Å². The molecule has 0 unspecified atom stereocenters. The van der Waals surface area contributed by atoms with E-state index in [1.165, 1.54) is 24.0 Å². The molecule has 0 spiro atoms. The average molecular weight is 232 g/mol. The van der Waals surface area contributed by atoms with E-state index in [4.69, 9.17) is 9.47 Å². The Morgan fingerprint density at radius 1 is 1.24 bits per heavy atom. The Morgan fingerprint density at radius 2 is 2.00 bits per heavy atom. The fourth-order valence-corrected chi connectivity index (χ4v) is 2.26. The lowest BCUT2D eigenvalue weighted by Crippen LogP contribution is -2.38. The lowest BCUT2D eigenvalue weighted by Gasteiger charge is -2.28. The van der Waals surface area contributed by atoms with Gasteiger partial charge in [0.05, 0.1) is 13.2 Å². The van der Waals surface area contributed by atoms with Crippen molar-refractivity contribution in [2.45, 2.75) is 44.6 Å². The minimum Gasteiger partial charge on any atom is -0.485 e. The molecular weight excluding hydrogens is 212 g/mol. The molecular formula is C15H20O2. The summed E-state index contributed by atoms with van der Waals surface area (Å²) in [6.45, 7) is 5.92. The van der Waals surface area contributed by atoms with Crippen LogP contribution in [-0.2, 0) is 4.74 Å². The van der Waals surface area contributed by atoms with Crippen LogP contribution in [0.1, 0.15) is 49.7 Å². The van der Waals surface area contributed by atoms with E-state index in [1.807, 2.05) is 0 Å². The minimum absolute atomic E-state index is 0.266. The summed E-state index contributed by atoms with van der Waals surface area (Å²) >= 11 is 0. The Balaban J connectivity index is 1.86. The fraction of sp³-hybridized carbons (Fsp3) is 0.600. The van der Waals surface area contributed by atoms with Crippen LogP contribution in [0.15, 0.2) is 18.2 Å². The Morgan fingerprint density at radius 3 is 2.53 bits per heavy atom. The van der Waals surface area contributed by atoms with Gasteiger partial charge in [-0.2, -0.15) is 0 Å². The van der Waals surface area contributed by atoms with Gasteiger partial charge in [0.15, 0.2) is 0 Å². The molecule has 0 N–H and O–H groups in total. The first-order valence-electron chi connectivity index (χ1n) is 6.62. The Labute approximate surface area is 103 Å². The van der Waals surface area contributed by atoms with Crippen LogP contribution in [0.3, 0.4) is 0 Å². The first kappa shape index (κ1) is 11.1. The summed E-state index contributed by atoms with van der Waals surface area (Å²) in [7, 11) is 0. The minimum atomic E-state index is 0.266. The highest BCUT2D eigenvalue weighted by molar-refractivity contribution is 5.42. The predicted molar refractivity (Wildman–Crippen MR) is 67.7 cm³/mol. The molecule has 0 radical (unpaired) electrons. The molecule has 1 aromatic carbocycles. The maximum absolute atomic E-state index is 6.04. The summed E-state index contributed by atoms with van der Waals surface area (Å²) in [6, 6.07) is 6.77. The van der Waals surface area contributed by atoms with Crippen LogP contribution in [0.4, 0.5) is 0 Å². The second-order valence-corrected chi connectivity index (χ2v) is 5.50. The van der Waals surface area contributed by atoms with Crippen molar-refractivity contribution in [2.75, 3.05) is 13.2 Å². The summed E-state index contributed by atoms with van der Waals surface area (Å²) in [5, 5.41) is 0. The van der Waals surface area contributed by atoms with Gasteiger partial charge in [0.1, 0.15) is 11.9 Å². The molecule has 1 heterocycles. The third-order valence-corrected chi connectivity index (χ3v) is 3.61. The van der Waals surface area contributed by atoms with Crippen molar-refractivity contribution in [3.63, 3.8) is 0 Å². The zero-order valence-electron chi connectivity index (χ0n) is 10.6. The van der Waals surface area contributed by atoms with Gasteiger partial charge in [0, 0.05) is 0 Å². The molecule has 0 bridgehead atoms. The van der Waals surface area contributed by atoms with E-state index in [1.54, 1.807) is 0 Å². The number of rotatable bonds is 4. The molecule has 92 valence electrons. The Kier molecular flexibility index (Phi) is 2.83. The molecule has 1 aliphatic carbocycles. The van der Waals surface area contributed by atoms with E-state index in [0.717, 1.165) is 24.9 Å². The smallest absolute Gasteiger partial charge is 0.145 e. The van der Waals surface area contributed by atoms with Crippen LogP contribution in [0, 0.1) is 0 Å². The average Bonchev–Trinajstić information content (AvgIpc) is 3.06. The van der Waals surface area contributed by atoms with Gasteiger partial charge in [-0.3, -0.25) is 0 Å². The van der Waals surface area contributed by atoms with Crippen molar-refractivity contribution in [1.29, 1.82) is 0 Å². The molecule has 2 heteroatoms. The predicted octanol–water partition coefficient (Wildman–Crippen LogP) is 3.47. The van der Waals surface area contributed by atoms with Crippen LogP contribution in [0.5, 0.6) is 5.75 Å². The Hall–Kier alpha value is -1.02. The standard InChI is InChI=1S/C15H20O2/c1-10(2)14-6-5-12(11-3-4-11)7-15(14)17-13-8-16-9-13/h5-7,10-11,13H,3-4,8-9H2,1-2H3. The molecule has 17 heavy (non-hydrogen) atoms. The van der Waals surface area contributed by atoms with Crippen molar-refractivity contribution >= 4 is 0 Å². The molecule has 0 amide bonds. The van der Waals surface area contributed by atoms with Gasteiger partial charge in [-0.25, -0.2) is 0 Å². The summed E-state index contributed by atoms with van der Waals surface area (Å²) < 4.78 is 11.2. The van der Waals surface area contributed by atoms with Crippen LogP contribution in [-0.4, -0.2) is 19.3 Å². The van der Waals surface area contributed by atoms with E-state index >= 15 is 0 Å². The largest absolute Gasteiger partial charge is 0.485 e. The van der Waals surface area contributed by atoms with Crippen LogP contribution in [0.25, 0.3) is 0 Å². The molecule has 1 saturated heterocycles. The van der Waals surface area contributed by atoms with Crippen molar-refractivity contribution in [3.8, 4) is 5.75 Å². The van der Waals surface area contributed by atoms with Gasteiger partial charge in [0.2, 0.25) is 0 Å². The third kappa shape index (κ3) is 2.32. The van der Waals surface area contributed by atoms with Gasteiger partial charge in [-0.05, 0) is 41.9 Å². The second-order valence-electron chi connectivity index (χ2n) is 5.50. The first-order chi connectivity index (χ1) is 8.24. The first-order valence-corrected chi connectivity index (χ1v) is 6.62. The fourth-order valence-electron chi connectivity index (χ4n) is 2.26. The van der Waals surface area contributed by atoms with Crippen LogP contribution >= 0.6 is 0 Å². The van der Waals surface area contributed by atoms with E-state index in [2.05, 4.69) is 32.0 Å². The topological polar surface area (TPSA) is 18.5 Å². The van der Waals surface area contributed by atoms with Gasteiger partial charge in [0.25, 0.3) is 0 Å². The molecule has 2 nitrogen and oxygen atoms in total. The van der Waals surface area contributed by atoms with Gasteiger partial charge >= 0.3 is 0 Å².